The van der Waals surface area contributed by atoms with E-state index in [0.29, 0.717) is 34.1 Å². The molecule has 0 aliphatic carbocycles. The fraction of sp³-hybridized carbons (Fsp3) is 0.125. The van der Waals surface area contributed by atoms with Gasteiger partial charge in [0.25, 0.3) is 5.69 Å². The van der Waals surface area contributed by atoms with Crippen molar-refractivity contribution >= 4 is 50.9 Å². The summed E-state index contributed by atoms with van der Waals surface area (Å²) in [5.41, 5.74) is 8.70. The van der Waals surface area contributed by atoms with E-state index in [-0.39, 0.29) is 25.0 Å². The zero-order chi connectivity index (χ0) is 24.7. The van der Waals surface area contributed by atoms with Crippen molar-refractivity contribution in [1.82, 2.24) is 0 Å². The van der Waals surface area contributed by atoms with E-state index in [1.807, 2.05) is 18.2 Å². The van der Waals surface area contributed by atoms with Gasteiger partial charge in [-0.15, -0.1) is 0 Å². The number of fused-ring (bicyclic) bond motifs is 2. The molecule has 9 nitrogen and oxygen atoms in total. The number of ether oxygens (including phenoxy) is 4. The Bertz CT molecular complexity index is 1430. The van der Waals surface area contributed by atoms with Gasteiger partial charge in [0.1, 0.15) is 29.7 Å². The third kappa shape index (κ3) is 4.43. The Balaban J connectivity index is 1.50. The second kappa shape index (κ2) is 9.42. The molecule has 0 saturated heterocycles. The van der Waals surface area contributed by atoms with Crippen molar-refractivity contribution in [2.24, 2.45) is 5.73 Å². The molecule has 3 aromatic rings. The smallest absolute Gasteiger partial charge is 0.269 e. The molecule has 0 aromatic heterocycles. The number of nitro groups is 1. The van der Waals surface area contributed by atoms with Gasteiger partial charge in [-0.2, -0.15) is 5.26 Å². The first-order valence-electron chi connectivity index (χ1n) is 10.2. The highest BCUT2D eigenvalue weighted by molar-refractivity contribution is 14.1. The standard InChI is InChI=1S/C24H15I2N3O6/c25-17-5-13(6-18(26)23(17)32-10-12-2-1-3-14(4-12)29(30)31)22-15-7-20-21(34-11-33-20)8-19(15)35-24(28)16(22)9-27/h1-8,22H,10-11,28H2/t22-/m1/s1. The normalized spacial score (nSPS) is 15.7. The highest BCUT2D eigenvalue weighted by Gasteiger charge is 2.34. The van der Waals surface area contributed by atoms with E-state index in [4.69, 9.17) is 24.7 Å². The molecular weight excluding hydrogens is 680 g/mol. The first kappa shape index (κ1) is 23.5. The van der Waals surface area contributed by atoms with Crippen LogP contribution in [0.15, 0.2) is 60.0 Å². The molecule has 11 heteroatoms. The molecule has 0 bridgehead atoms. The van der Waals surface area contributed by atoms with E-state index in [1.165, 1.54) is 12.1 Å². The summed E-state index contributed by atoms with van der Waals surface area (Å²) in [5.74, 6) is 1.87. The second-order valence-electron chi connectivity index (χ2n) is 7.70. The van der Waals surface area contributed by atoms with E-state index < -0.39 is 10.8 Å². The van der Waals surface area contributed by atoms with E-state index in [2.05, 4.69) is 51.3 Å². The van der Waals surface area contributed by atoms with Crippen LogP contribution in [-0.2, 0) is 6.61 Å². The SMILES string of the molecule is N#CC1=C(N)Oc2cc3c(cc2[C@H]1c1cc(I)c(OCc2cccc([N+](=O)[O-])c2)c(I)c1)OCO3. The summed E-state index contributed by atoms with van der Waals surface area (Å²) in [7, 11) is 0. The van der Waals surface area contributed by atoms with Crippen molar-refractivity contribution in [2.45, 2.75) is 12.5 Å². The molecule has 2 aliphatic rings. The predicted octanol–water partition coefficient (Wildman–Crippen LogP) is 5.33. The molecule has 0 amide bonds. The number of benzene rings is 3. The first-order chi connectivity index (χ1) is 16.9. The first-order valence-corrected chi connectivity index (χ1v) is 12.4. The number of non-ortho nitro benzene ring substituents is 1. The van der Waals surface area contributed by atoms with E-state index in [1.54, 1.807) is 18.2 Å². The minimum absolute atomic E-state index is 0.0123. The Hall–Kier alpha value is -3.25. The van der Waals surface area contributed by atoms with Gasteiger partial charge in [-0.25, -0.2) is 0 Å². The molecule has 0 saturated carbocycles. The minimum Gasteiger partial charge on any atom is -0.487 e. The highest BCUT2D eigenvalue weighted by atomic mass is 127. The quantitative estimate of drug-likeness (QED) is 0.216. The number of nitriles is 1. The van der Waals surface area contributed by atoms with Crippen molar-refractivity contribution < 1.29 is 23.9 Å². The van der Waals surface area contributed by atoms with E-state index in [9.17, 15) is 15.4 Å². The second-order valence-corrected chi connectivity index (χ2v) is 10.0. The van der Waals surface area contributed by atoms with Crippen LogP contribution in [0.2, 0.25) is 0 Å². The summed E-state index contributed by atoms with van der Waals surface area (Å²) in [6.45, 7) is 0.288. The lowest BCUT2D eigenvalue weighted by atomic mass is 9.83. The number of hydrogen-bond donors (Lipinski definition) is 1. The van der Waals surface area contributed by atoms with Crippen molar-refractivity contribution in [1.29, 1.82) is 5.26 Å². The summed E-state index contributed by atoms with van der Waals surface area (Å²) in [6.07, 6.45) is 0. The van der Waals surface area contributed by atoms with Gasteiger partial charge in [0.05, 0.1) is 18.0 Å². The minimum atomic E-state index is -0.467. The lowest BCUT2D eigenvalue weighted by Gasteiger charge is -2.27. The molecular formula is C24H15I2N3O6. The summed E-state index contributed by atoms with van der Waals surface area (Å²) in [4.78, 5) is 10.6. The van der Waals surface area contributed by atoms with Crippen LogP contribution in [0.4, 0.5) is 5.69 Å². The Labute approximate surface area is 226 Å². The van der Waals surface area contributed by atoms with Crippen molar-refractivity contribution in [3.63, 3.8) is 0 Å². The third-order valence-electron chi connectivity index (χ3n) is 5.57. The Morgan fingerprint density at radius 2 is 1.83 bits per heavy atom. The number of nitrogens with zero attached hydrogens (tertiary/aromatic N) is 2. The Morgan fingerprint density at radius 3 is 2.51 bits per heavy atom. The fourth-order valence-corrected chi connectivity index (χ4v) is 6.12. The van der Waals surface area contributed by atoms with Crippen LogP contribution in [0.25, 0.3) is 0 Å². The maximum absolute atomic E-state index is 11.1. The van der Waals surface area contributed by atoms with E-state index >= 15 is 0 Å². The van der Waals surface area contributed by atoms with Crippen LogP contribution in [0.1, 0.15) is 22.6 Å². The predicted molar refractivity (Wildman–Crippen MR) is 141 cm³/mol. The summed E-state index contributed by atoms with van der Waals surface area (Å²) in [6, 6.07) is 15.9. The van der Waals surface area contributed by atoms with Crippen LogP contribution in [0.5, 0.6) is 23.0 Å². The molecule has 2 N–H and O–H groups in total. The van der Waals surface area contributed by atoms with Gasteiger partial charge in [-0.05, 0) is 74.5 Å². The van der Waals surface area contributed by atoms with Crippen molar-refractivity contribution in [3.8, 4) is 29.1 Å². The number of nitrogens with two attached hydrogens (primary N) is 1. The topological polar surface area (TPSA) is 130 Å². The average molecular weight is 695 g/mol. The Kier molecular flexibility index (Phi) is 6.32. The number of hydrogen-bond acceptors (Lipinski definition) is 8. The largest absolute Gasteiger partial charge is 0.487 e. The van der Waals surface area contributed by atoms with Gasteiger partial charge in [0.15, 0.2) is 11.5 Å². The van der Waals surface area contributed by atoms with Crippen molar-refractivity contribution in [3.05, 3.63) is 93.9 Å². The monoisotopic (exact) mass is 695 g/mol. The van der Waals surface area contributed by atoms with Crippen LogP contribution < -0.4 is 24.7 Å². The van der Waals surface area contributed by atoms with Crippen LogP contribution in [-0.4, -0.2) is 11.7 Å². The third-order valence-corrected chi connectivity index (χ3v) is 7.17. The van der Waals surface area contributed by atoms with Crippen LogP contribution in [0, 0.1) is 28.6 Å². The number of allylic oxidation sites excluding steroid dienone is 1. The zero-order valence-electron chi connectivity index (χ0n) is 17.8. The zero-order valence-corrected chi connectivity index (χ0v) is 22.1. The molecule has 1 atom stereocenters. The van der Waals surface area contributed by atoms with Gasteiger partial charge in [0.2, 0.25) is 12.7 Å². The van der Waals surface area contributed by atoms with E-state index in [0.717, 1.165) is 18.3 Å². The number of halogens is 2. The lowest BCUT2D eigenvalue weighted by molar-refractivity contribution is -0.384. The molecule has 2 aliphatic heterocycles. The van der Waals surface area contributed by atoms with Gasteiger partial charge >= 0.3 is 0 Å². The van der Waals surface area contributed by atoms with Gasteiger partial charge in [-0.3, -0.25) is 10.1 Å². The highest BCUT2D eigenvalue weighted by Crippen LogP contribution is 2.48. The number of nitro benzene ring substituents is 1. The molecule has 0 radical (unpaired) electrons. The number of rotatable bonds is 5. The van der Waals surface area contributed by atoms with Gasteiger partial charge in [-0.1, -0.05) is 12.1 Å². The molecule has 0 fully saturated rings. The molecule has 2 heterocycles. The summed E-state index contributed by atoms with van der Waals surface area (Å²) >= 11 is 4.35. The molecule has 35 heavy (non-hydrogen) atoms. The molecule has 3 aromatic carbocycles. The fourth-order valence-electron chi connectivity index (χ4n) is 3.99. The van der Waals surface area contributed by atoms with Gasteiger partial charge < -0.3 is 24.7 Å². The molecule has 0 spiro atoms. The van der Waals surface area contributed by atoms with Crippen LogP contribution in [0.3, 0.4) is 0 Å². The molecule has 0 unspecified atom stereocenters. The average Bonchev–Trinajstić information content (AvgIpc) is 3.28. The maximum atomic E-state index is 11.1. The molecule has 5 rings (SSSR count). The van der Waals surface area contributed by atoms with Crippen LogP contribution >= 0.6 is 45.2 Å². The summed E-state index contributed by atoms with van der Waals surface area (Å²) in [5, 5.41) is 20.9. The Morgan fingerprint density at radius 1 is 1.11 bits per heavy atom. The summed E-state index contributed by atoms with van der Waals surface area (Å²) < 4.78 is 24.4. The maximum Gasteiger partial charge on any atom is 0.269 e. The lowest BCUT2D eigenvalue weighted by Crippen LogP contribution is -2.21. The van der Waals surface area contributed by atoms with Gasteiger partial charge in [0, 0.05) is 23.8 Å². The molecule has 176 valence electrons. The van der Waals surface area contributed by atoms with Crippen molar-refractivity contribution in [2.75, 3.05) is 6.79 Å².